The maximum atomic E-state index is 12.4. The second-order valence-electron chi connectivity index (χ2n) is 5.24. The lowest BCUT2D eigenvalue weighted by Crippen LogP contribution is -2.30. The molecule has 2 amide bonds. The number of benzene rings is 1. The molecule has 0 unspecified atom stereocenters. The highest BCUT2D eigenvalue weighted by Crippen LogP contribution is 2.37. The van der Waals surface area contributed by atoms with E-state index >= 15 is 0 Å². The van der Waals surface area contributed by atoms with Gasteiger partial charge in [0.1, 0.15) is 11.6 Å². The summed E-state index contributed by atoms with van der Waals surface area (Å²) < 4.78 is 38.8. The molecule has 0 aliphatic carbocycles. The summed E-state index contributed by atoms with van der Waals surface area (Å²) in [6.45, 7) is 4.68. The molecule has 0 atom stereocenters. The SMILES string of the molecule is Cc1nc(C)n(CCCNC(=O)Nc2cccc(SC(F)(F)F)c2)n1. The molecular formula is C15H18F3N5OS. The van der Waals surface area contributed by atoms with Crippen molar-refractivity contribution in [1.29, 1.82) is 0 Å². The van der Waals surface area contributed by atoms with E-state index in [0.717, 1.165) is 5.82 Å². The summed E-state index contributed by atoms with van der Waals surface area (Å²) in [4.78, 5) is 16.0. The molecule has 0 radical (unpaired) electrons. The first-order valence-electron chi connectivity index (χ1n) is 7.51. The number of thioether (sulfide) groups is 1. The van der Waals surface area contributed by atoms with E-state index in [2.05, 4.69) is 20.7 Å². The van der Waals surface area contributed by atoms with Gasteiger partial charge in [-0.1, -0.05) is 6.07 Å². The smallest absolute Gasteiger partial charge is 0.338 e. The quantitative estimate of drug-likeness (QED) is 0.598. The normalized spacial score (nSPS) is 11.4. The van der Waals surface area contributed by atoms with Gasteiger partial charge in [-0.3, -0.25) is 4.68 Å². The molecule has 6 nitrogen and oxygen atoms in total. The lowest BCUT2D eigenvalue weighted by atomic mass is 10.3. The maximum absolute atomic E-state index is 12.4. The average molecular weight is 373 g/mol. The molecule has 2 rings (SSSR count). The van der Waals surface area contributed by atoms with Crippen molar-refractivity contribution < 1.29 is 18.0 Å². The molecule has 25 heavy (non-hydrogen) atoms. The van der Waals surface area contributed by atoms with Crippen LogP contribution in [-0.4, -0.2) is 32.8 Å². The van der Waals surface area contributed by atoms with E-state index in [4.69, 9.17) is 0 Å². The van der Waals surface area contributed by atoms with Crippen LogP contribution in [0.15, 0.2) is 29.2 Å². The number of halogens is 3. The van der Waals surface area contributed by atoms with Gasteiger partial charge in [0.2, 0.25) is 0 Å². The van der Waals surface area contributed by atoms with Crippen molar-refractivity contribution in [1.82, 2.24) is 20.1 Å². The molecule has 2 aromatic rings. The molecule has 0 aliphatic heterocycles. The van der Waals surface area contributed by atoms with Crippen LogP contribution in [-0.2, 0) is 6.54 Å². The van der Waals surface area contributed by atoms with Gasteiger partial charge in [-0.25, -0.2) is 9.78 Å². The Bertz CT molecular complexity index is 732. The van der Waals surface area contributed by atoms with Gasteiger partial charge in [-0.2, -0.15) is 18.3 Å². The van der Waals surface area contributed by atoms with Crippen molar-refractivity contribution in [2.75, 3.05) is 11.9 Å². The summed E-state index contributed by atoms with van der Waals surface area (Å²) in [5.41, 5.74) is -4.06. The van der Waals surface area contributed by atoms with E-state index < -0.39 is 11.5 Å². The monoisotopic (exact) mass is 373 g/mol. The first-order chi connectivity index (χ1) is 11.7. The van der Waals surface area contributed by atoms with Crippen molar-refractivity contribution in [3.63, 3.8) is 0 Å². The molecule has 0 spiro atoms. The number of nitrogens with zero attached hydrogens (tertiary/aromatic N) is 3. The summed E-state index contributed by atoms with van der Waals surface area (Å²) in [6, 6.07) is 5.13. The van der Waals surface area contributed by atoms with Gasteiger partial charge in [0.05, 0.1) is 0 Å². The zero-order valence-corrected chi connectivity index (χ0v) is 14.5. The van der Waals surface area contributed by atoms with Crippen molar-refractivity contribution in [2.24, 2.45) is 0 Å². The summed E-state index contributed by atoms with van der Waals surface area (Å²) in [7, 11) is 0. The van der Waals surface area contributed by atoms with Gasteiger partial charge in [0.25, 0.3) is 0 Å². The van der Waals surface area contributed by atoms with Gasteiger partial charge in [-0.15, -0.1) is 0 Å². The molecule has 0 aliphatic rings. The Balaban J connectivity index is 1.76. The van der Waals surface area contributed by atoms with Crippen molar-refractivity contribution in [3.8, 4) is 0 Å². The first kappa shape index (κ1) is 19.1. The molecule has 0 fully saturated rings. The third-order valence-corrected chi connectivity index (χ3v) is 3.84. The van der Waals surface area contributed by atoms with Gasteiger partial charge >= 0.3 is 11.5 Å². The second-order valence-corrected chi connectivity index (χ2v) is 6.38. The van der Waals surface area contributed by atoms with Crippen LogP contribution in [0.3, 0.4) is 0 Å². The Hall–Kier alpha value is -2.23. The number of carbonyl (C=O) groups is 1. The molecule has 10 heteroatoms. The largest absolute Gasteiger partial charge is 0.446 e. The highest BCUT2D eigenvalue weighted by atomic mass is 32.2. The number of amides is 2. The Morgan fingerprint density at radius 2 is 2.08 bits per heavy atom. The van der Waals surface area contributed by atoms with Crippen molar-refractivity contribution >= 4 is 23.5 Å². The zero-order valence-electron chi connectivity index (χ0n) is 13.7. The fourth-order valence-corrected chi connectivity index (χ4v) is 2.75. The number of hydrogen-bond donors (Lipinski definition) is 2. The van der Waals surface area contributed by atoms with Crippen LogP contribution < -0.4 is 10.6 Å². The van der Waals surface area contributed by atoms with Crippen LogP contribution in [0.1, 0.15) is 18.1 Å². The number of aryl methyl sites for hydroxylation is 3. The molecule has 1 heterocycles. The summed E-state index contributed by atoms with van der Waals surface area (Å²) in [6.07, 6.45) is 0.654. The average Bonchev–Trinajstić information content (AvgIpc) is 2.80. The Morgan fingerprint density at radius 3 is 2.72 bits per heavy atom. The number of alkyl halides is 3. The minimum Gasteiger partial charge on any atom is -0.338 e. The van der Waals surface area contributed by atoms with E-state index in [1.165, 1.54) is 24.3 Å². The minimum absolute atomic E-state index is 0.0160. The van der Waals surface area contributed by atoms with Crippen LogP contribution in [0.4, 0.5) is 23.7 Å². The lowest BCUT2D eigenvalue weighted by Gasteiger charge is -2.10. The number of anilines is 1. The number of aromatic nitrogens is 3. The lowest BCUT2D eigenvalue weighted by molar-refractivity contribution is -0.0328. The van der Waals surface area contributed by atoms with E-state index in [1.807, 2.05) is 6.92 Å². The Kier molecular flexibility index (Phi) is 6.29. The minimum atomic E-state index is -4.36. The molecule has 0 saturated heterocycles. The summed E-state index contributed by atoms with van der Waals surface area (Å²) in [5, 5.41) is 9.39. The Labute approximate surface area is 147 Å². The molecule has 0 saturated carbocycles. The highest BCUT2D eigenvalue weighted by Gasteiger charge is 2.29. The highest BCUT2D eigenvalue weighted by molar-refractivity contribution is 8.00. The predicted octanol–water partition coefficient (Wildman–Crippen LogP) is 3.72. The van der Waals surface area contributed by atoms with Crippen LogP contribution in [0, 0.1) is 13.8 Å². The number of nitrogens with one attached hydrogen (secondary N) is 2. The topological polar surface area (TPSA) is 71.8 Å². The van der Waals surface area contributed by atoms with Gasteiger partial charge in [0, 0.05) is 23.7 Å². The fraction of sp³-hybridized carbons (Fsp3) is 0.400. The summed E-state index contributed by atoms with van der Waals surface area (Å²) in [5.74, 6) is 1.50. The van der Waals surface area contributed by atoms with Crippen molar-refractivity contribution in [2.45, 2.75) is 37.2 Å². The molecule has 1 aromatic heterocycles. The van der Waals surface area contributed by atoms with E-state index in [1.54, 1.807) is 11.6 Å². The Morgan fingerprint density at radius 1 is 1.32 bits per heavy atom. The second kappa shape index (κ2) is 8.24. The number of hydrogen-bond acceptors (Lipinski definition) is 4. The van der Waals surface area contributed by atoms with Crippen LogP contribution >= 0.6 is 11.8 Å². The van der Waals surface area contributed by atoms with Gasteiger partial charge < -0.3 is 10.6 Å². The van der Waals surface area contributed by atoms with Crippen molar-refractivity contribution in [3.05, 3.63) is 35.9 Å². The van der Waals surface area contributed by atoms with Crippen LogP contribution in [0.25, 0.3) is 0 Å². The van der Waals surface area contributed by atoms with E-state index in [0.29, 0.717) is 31.0 Å². The number of rotatable bonds is 6. The number of carbonyl (C=O) groups excluding carboxylic acids is 1. The molecular weight excluding hydrogens is 355 g/mol. The molecule has 1 aromatic carbocycles. The van der Waals surface area contributed by atoms with E-state index in [9.17, 15) is 18.0 Å². The number of urea groups is 1. The maximum Gasteiger partial charge on any atom is 0.446 e. The zero-order chi connectivity index (χ0) is 18.4. The fourth-order valence-electron chi connectivity index (χ4n) is 2.15. The van der Waals surface area contributed by atoms with Crippen LogP contribution in [0.5, 0.6) is 0 Å². The van der Waals surface area contributed by atoms with Crippen LogP contribution in [0.2, 0.25) is 0 Å². The molecule has 0 bridgehead atoms. The third kappa shape index (κ3) is 6.65. The standard InChI is InChI=1S/C15H18F3N5OS/c1-10-20-11(2)23(22-10)8-4-7-19-14(24)21-12-5-3-6-13(9-12)25-15(16,17)18/h3,5-6,9H,4,7-8H2,1-2H3,(H2,19,21,24). The van der Waals surface area contributed by atoms with Gasteiger partial charge in [0.15, 0.2) is 0 Å². The van der Waals surface area contributed by atoms with E-state index in [-0.39, 0.29) is 16.7 Å². The molecule has 2 N–H and O–H groups in total. The first-order valence-corrected chi connectivity index (χ1v) is 8.33. The third-order valence-electron chi connectivity index (χ3n) is 3.12. The van der Waals surface area contributed by atoms with Gasteiger partial charge in [-0.05, 0) is 50.2 Å². The molecule has 136 valence electrons. The summed E-state index contributed by atoms with van der Waals surface area (Å²) >= 11 is -0.223. The predicted molar refractivity (Wildman–Crippen MR) is 89.5 cm³/mol.